The minimum absolute atomic E-state index is 0.0189. The Labute approximate surface area is 225 Å². The molecule has 10 heteroatoms. The first kappa shape index (κ1) is 27.9. The smallest absolute Gasteiger partial charge is 0.242 e. The van der Waals surface area contributed by atoms with Crippen molar-refractivity contribution < 1.29 is 22.7 Å². The molecule has 0 heterocycles. The number of nitrogens with zero attached hydrogens (tertiary/aromatic N) is 1. The molecule has 192 valence electrons. The third-order valence-electron chi connectivity index (χ3n) is 5.18. The van der Waals surface area contributed by atoms with Crippen LogP contribution in [0.4, 0.5) is 0 Å². The average molecular weight is 584 g/mol. The van der Waals surface area contributed by atoms with Gasteiger partial charge in [-0.25, -0.2) is 18.6 Å². The van der Waals surface area contributed by atoms with Gasteiger partial charge in [0.2, 0.25) is 15.9 Å². The summed E-state index contributed by atoms with van der Waals surface area (Å²) in [6.45, 7) is 1.89. The van der Waals surface area contributed by atoms with Gasteiger partial charge in [0.15, 0.2) is 11.5 Å². The molecular weight excluding hydrogens is 558 g/mol. The van der Waals surface area contributed by atoms with Gasteiger partial charge in [0.1, 0.15) is 6.61 Å². The van der Waals surface area contributed by atoms with Crippen LogP contribution in [0.1, 0.15) is 29.2 Å². The Hall–Kier alpha value is -3.65. The monoisotopic (exact) mass is 583 g/mol. The van der Waals surface area contributed by atoms with Crippen molar-refractivity contribution in [2.24, 2.45) is 5.10 Å². The van der Waals surface area contributed by atoms with E-state index in [1.54, 1.807) is 48.5 Å². The zero-order valence-electron chi connectivity index (χ0n) is 20.3. The van der Waals surface area contributed by atoms with Crippen molar-refractivity contribution >= 4 is 38.1 Å². The molecule has 37 heavy (non-hydrogen) atoms. The second-order valence-corrected chi connectivity index (χ2v) is 10.5. The molecule has 0 aliphatic rings. The van der Waals surface area contributed by atoms with Crippen molar-refractivity contribution in [3.8, 4) is 23.8 Å². The van der Waals surface area contributed by atoms with Crippen LogP contribution in [0.2, 0.25) is 0 Å². The zero-order valence-corrected chi connectivity index (χ0v) is 22.7. The Bertz CT molecular complexity index is 1400. The van der Waals surface area contributed by atoms with Gasteiger partial charge in [0, 0.05) is 16.5 Å². The highest BCUT2D eigenvalue weighted by molar-refractivity contribution is 9.10. The van der Waals surface area contributed by atoms with Gasteiger partial charge in [0.05, 0.1) is 24.3 Å². The highest BCUT2D eigenvalue weighted by Crippen LogP contribution is 2.34. The molecule has 1 atom stereocenters. The van der Waals surface area contributed by atoms with E-state index in [0.717, 1.165) is 5.56 Å². The minimum Gasteiger partial charge on any atom is -0.493 e. The van der Waals surface area contributed by atoms with Gasteiger partial charge in [-0.2, -0.15) is 5.10 Å². The Morgan fingerprint density at radius 3 is 2.51 bits per heavy atom. The topological polar surface area (TPSA) is 106 Å². The number of sulfonamides is 1. The van der Waals surface area contributed by atoms with E-state index in [9.17, 15) is 13.2 Å². The molecule has 3 aromatic rings. The zero-order chi connectivity index (χ0) is 26.8. The van der Waals surface area contributed by atoms with Crippen molar-refractivity contribution in [3.05, 3.63) is 87.9 Å². The fraction of sp³-hybridized carbons (Fsp3) is 0.185. The first-order valence-electron chi connectivity index (χ1n) is 11.1. The SMILES string of the molecule is C#CCOc1c(/C=N\NC(=O)C[C@@H](NS(=O)(=O)c2ccc(C)cc2)c2ccccc2)cc(Br)cc1OC. The Kier molecular flexibility index (Phi) is 9.85. The van der Waals surface area contributed by atoms with Crippen LogP contribution >= 0.6 is 15.9 Å². The lowest BCUT2D eigenvalue weighted by atomic mass is 10.0. The number of aryl methyl sites for hydroxylation is 1. The van der Waals surface area contributed by atoms with Gasteiger partial charge in [-0.05, 0) is 36.8 Å². The van der Waals surface area contributed by atoms with Crippen LogP contribution in [-0.4, -0.2) is 34.3 Å². The molecule has 0 spiro atoms. The van der Waals surface area contributed by atoms with E-state index >= 15 is 0 Å². The van der Waals surface area contributed by atoms with Crippen LogP contribution in [0.25, 0.3) is 0 Å². The molecule has 0 saturated heterocycles. The summed E-state index contributed by atoms with van der Waals surface area (Å²) in [7, 11) is -2.39. The lowest BCUT2D eigenvalue weighted by Gasteiger charge is -2.18. The van der Waals surface area contributed by atoms with Crippen LogP contribution < -0.4 is 19.6 Å². The van der Waals surface area contributed by atoms with Gasteiger partial charge >= 0.3 is 0 Å². The molecule has 0 unspecified atom stereocenters. The number of carbonyl (C=O) groups excluding carboxylic acids is 1. The summed E-state index contributed by atoms with van der Waals surface area (Å²) >= 11 is 3.40. The number of halogens is 1. The number of hydrogen-bond acceptors (Lipinski definition) is 6. The number of hydrogen-bond donors (Lipinski definition) is 2. The second-order valence-electron chi connectivity index (χ2n) is 7.91. The van der Waals surface area contributed by atoms with Crippen LogP contribution in [-0.2, 0) is 14.8 Å². The maximum Gasteiger partial charge on any atom is 0.242 e. The van der Waals surface area contributed by atoms with Crippen molar-refractivity contribution in [2.75, 3.05) is 13.7 Å². The number of methoxy groups -OCH3 is 1. The predicted molar refractivity (Wildman–Crippen MR) is 146 cm³/mol. The quantitative estimate of drug-likeness (QED) is 0.198. The van der Waals surface area contributed by atoms with Crippen molar-refractivity contribution in [2.45, 2.75) is 24.3 Å². The Morgan fingerprint density at radius 1 is 1.16 bits per heavy atom. The summed E-state index contributed by atoms with van der Waals surface area (Å²) in [4.78, 5) is 12.9. The first-order valence-corrected chi connectivity index (χ1v) is 13.4. The van der Waals surface area contributed by atoms with E-state index in [-0.39, 0.29) is 17.9 Å². The van der Waals surface area contributed by atoms with Crippen LogP contribution in [0.3, 0.4) is 0 Å². The number of rotatable bonds is 11. The fourth-order valence-corrected chi connectivity index (χ4v) is 5.07. The number of ether oxygens (including phenoxy) is 2. The molecule has 0 aliphatic carbocycles. The van der Waals surface area contributed by atoms with E-state index in [2.05, 4.69) is 37.1 Å². The number of nitrogens with one attached hydrogen (secondary N) is 2. The minimum atomic E-state index is -3.88. The lowest BCUT2D eigenvalue weighted by Crippen LogP contribution is -2.32. The summed E-state index contributed by atoms with van der Waals surface area (Å²) in [6, 6.07) is 18.0. The third-order valence-corrected chi connectivity index (χ3v) is 7.13. The van der Waals surface area contributed by atoms with Crippen LogP contribution in [0, 0.1) is 19.3 Å². The van der Waals surface area contributed by atoms with E-state index < -0.39 is 22.0 Å². The maximum absolute atomic E-state index is 13.0. The number of terminal acetylenes is 1. The highest BCUT2D eigenvalue weighted by Gasteiger charge is 2.23. The molecule has 1 amide bonds. The van der Waals surface area contributed by atoms with Crippen LogP contribution in [0.5, 0.6) is 11.5 Å². The number of benzene rings is 3. The summed E-state index contributed by atoms with van der Waals surface area (Å²) < 4.78 is 40.3. The molecule has 0 radical (unpaired) electrons. The second kappa shape index (κ2) is 13.1. The summed E-state index contributed by atoms with van der Waals surface area (Å²) in [5.41, 5.74) is 4.54. The van der Waals surface area contributed by atoms with E-state index in [0.29, 0.717) is 27.1 Å². The van der Waals surface area contributed by atoms with Crippen LogP contribution in [0.15, 0.2) is 81.2 Å². The summed E-state index contributed by atoms with van der Waals surface area (Å²) in [6.07, 6.45) is 6.51. The van der Waals surface area contributed by atoms with E-state index in [1.807, 2.05) is 13.0 Å². The maximum atomic E-state index is 13.0. The molecule has 0 bridgehead atoms. The summed E-state index contributed by atoms with van der Waals surface area (Å²) in [5, 5.41) is 4.03. The van der Waals surface area contributed by atoms with Gasteiger partial charge in [0.25, 0.3) is 0 Å². The number of amides is 1. The molecule has 0 aliphatic heterocycles. The van der Waals surface area contributed by atoms with Crippen molar-refractivity contribution in [1.29, 1.82) is 0 Å². The molecular formula is C27H26BrN3O5S. The molecule has 3 aromatic carbocycles. The van der Waals surface area contributed by atoms with Gasteiger partial charge in [-0.1, -0.05) is 69.9 Å². The van der Waals surface area contributed by atoms with Gasteiger partial charge in [-0.15, -0.1) is 6.42 Å². The number of hydrazone groups is 1. The Balaban J connectivity index is 1.78. The molecule has 3 rings (SSSR count). The molecule has 0 fully saturated rings. The predicted octanol–water partition coefficient (Wildman–Crippen LogP) is 4.34. The van der Waals surface area contributed by atoms with E-state index in [1.165, 1.54) is 25.5 Å². The highest BCUT2D eigenvalue weighted by atomic mass is 79.9. The lowest BCUT2D eigenvalue weighted by molar-refractivity contribution is -0.121. The van der Waals surface area contributed by atoms with Gasteiger partial charge < -0.3 is 9.47 Å². The normalized spacial score (nSPS) is 12.1. The number of carbonyl (C=O) groups is 1. The molecule has 0 saturated carbocycles. The molecule has 2 N–H and O–H groups in total. The molecule has 8 nitrogen and oxygen atoms in total. The van der Waals surface area contributed by atoms with Crippen molar-refractivity contribution in [3.63, 3.8) is 0 Å². The van der Waals surface area contributed by atoms with Crippen molar-refractivity contribution in [1.82, 2.24) is 10.1 Å². The first-order chi connectivity index (χ1) is 17.7. The fourth-order valence-electron chi connectivity index (χ4n) is 3.40. The van der Waals surface area contributed by atoms with E-state index in [4.69, 9.17) is 15.9 Å². The third kappa shape index (κ3) is 7.92. The Morgan fingerprint density at radius 2 is 1.86 bits per heavy atom. The standard InChI is InChI=1S/C27H26BrN3O5S/c1-4-14-36-27-21(15-22(28)16-25(27)35-3)18-29-30-26(32)17-24(20-8-6-5-7-9-20)31-37(33,34)23-12-10-19(2)11-13-23/h1,5-13,15-16,18,24,31H,14,17H2,2-3H3,(H,30,32)/b29-18-/t24-/m1/s1. The van der Waals surface area contributed by atoms with Gasteiger partial charge in [-0.3, -0.25) is 4.79 Å². The summed E-state index contributed by atoms with van der Waals surface area (Å²) in [5.74, 6) is 2.71. The molecule has 0 aromatic heterocycles. The average Bonchev–Trinajstić information content (AvgIpc) is 2.88. The largest absolute Gasteiger partial charge is 0.493 e.